The van der Waals surface area contributed by atoms with E-state index in [-0.39, 0.29) is 18.3 Å². The Morgan fingerprint density at radius 3 is 2.34 bits per heavy atom. The van der Waals surface area contributed by atoms with Crippen LogP contribution in [0.3, 0.4) is 0 Å². The first-order valence-electron chi connectivity index (χ1n) is 9.40. The second-order valence-corrected chi connectivity index (χ2v) is 7.26. The highest BCUT2D eigenvalue weighted by Crippen LogP contribution is 2.32. The van der Waals surface area contributed by atoms with Crippen molar-refractivity contribution in [3.8, 4) is 17.1 Å². The lowest BCUT2D eigenvalue weighted by Gasteiger charge is -2.22. The predicted octanol–water partition coefficient (Wildman–Crippen LogP) is 3.73. The maximum absolute atomic E-state index is 13.0. The van der Waals surface area contributed by atoms with Crippen molar-refractivity contribution in [1.82, 2.24) is 20.4 Å². The molecule has 0 radical (unpaired) electrons. The molecule has 1 aliphatic rings. The van der Waals surface area contributed by atoms with E-state index in [4.69, 9.17) is 9.26 Å². The molecule has 1 fully saturated rings. The minimum atomic E-state index is -4.46. The number of ether oxygens (including phenoxy) is 1. The summed E-state index contributed by atoms with van der Waals surface area (Å²) in [6.45, 7) is 1.29. The summed E-state index contributed by atoms with van der Waals surface area (Å²) in [5.74, 6) is 0.0932. The van der Waals surface area contributed by atoms with Crippen molar-refractivity contribution in [3.05, 3.63) is 65.5 Å². The molecule has 1 aliphatic heterocycles. The highest BCUT2D eigenvalue weighted by atomic mass is 19.4. The number of imide groups is 1. The molecule has 0 aliphatic carbocycles. The Hall–Kier alpha value is -3.89. The Bertz CT molecular complexity index is 1160. The van der Waals surface area contributed by atoms with Crippen LogP contribution in [-0.2, 0) is 23.1 Å². The fraction of sp³-hybridized carbons (Fsp3) is 0.238. The number of methoxy groups -OCH3 is 1. The molecule has 8 nitrogen and oxygen atoms in total. The van der Waals surface area contributed by atoms with Crippen LogP contribution in [0.15, 0.2) is 53.1 Å². The van der Waals surface area contributed by atoms with Crippen LogP contribution in [0.4, 0.5) is 18.0 Å². The third-order valence-electron chi connectivity index (χ3n) is 5.17. The Kier molecular flexibility index (Phi) is 5.11. The van der Waals surface area contributed by atoms with Gasteiger partial charge in [-0.1, -0.05) is 29.4 Å². The number of alkyl halides is 3. The topological polar surface area (TPSA) is 97.6 Å². The van der Waals surface area contributed by atoms with Crippen LogP contribution < -0.4 is 10.1 Å². The van der Waals surface area contributed by atoms with E-state index in [2.05, 4.69) is 15.5 Å². The van der Waals surface area contributed by atoms with Gasteiger partial charge in [0.1, 0.15) is 17.8 Å². The van der Waals surface area contributed by atoms with Crippen molar-refractivity contribution in [3.63, 3.8) is 0 Å². The molecule has 4 rings (SSSR count). The van der Waals surface area contributed by atoms with E-state index < -0.39 is 29.2 Å². The van der Waals surface area contributed by atoms with Crippen molar-refractivity contribution >= 4 is 11.9 Å². The van der Waals surface area contributed by atoms with Gasteiger partial charge < -0.3 is 14.6 Å². The number of nitrogens with one attached hydrogen (secondary N) is 1. The molecule has 0 bridgehead atoms. The highest BCUT2D eigenvalue weighted by molar-refractivity contribution is 6.07. The summed E-state index contributed by atoms with van der Waals surface area (Å²) < 4.78 is 48.4. The van der Waals surface area contributed by atoms with E-state index in [0.29, 0.717) is 16.9 Å². The average molecular weight is 446 g/mol. The van der Waals surface area contributed by atoms with Crippen LogP contribution in [0.5, 0.6) is 5.75 Å². The van der Waals surface area contributed by atoms with Crippen LogP contribution in [0.1, 0.15) is 23.9 Å². The van der Waals surface area contributed by atoms with Gasteiger partial charge in [-0.15, -0.1) is 0 Å². The third kappa shape index (κ3) is 3.77. The first kappa shape index (κ1) is 21.3. The normalized spacial score (nSPS) is 18.7. The number of hydrogen-bond donors (Lipinski definition) is 1. The maximum Gasteiger partial charge on any atom is 0.416 e. The predicted molar refractivity (Wildman–Crippen MR) is 104 cm³/mol. The van der Waals surface area contributed by atoms with Gasteiger partial charge in [-0.2, -0.15) is 18.2 Å². The van der Waals surface area contributed by atoms with Crippen molar-refractivity contribution in [1.29, 1.82) is 0 Å². The number of aromatic nitrogens is 2. The number of nitrogens with zero attached hydrogens (tertiary/aromatic N) is 3. The van der Waals surface area contributed by atoms with E-state index in [9.17, 15) is 22.8 Å². The minimum absolute atomic E-state index is 0.0395. The second-order valence-electron chi connectivity index (χ2n) is 7.26. The van der Waals surface area contributed by atoms with Crippen LogP contribution in [0.25, 0.3) is 11.4 Å². The molecule has 1 unspecified atom stereocenters. The van der Waals surface area contributed by atoms with Crippen molar-refractivity contribution < 1.29 is 32.0 Å². The molecular formula is C21H17F3N4O4. The summed E-state index contributed by atoms with van der Waals surface area (Å²) >= 11 is 0. The molecule has 2 aromatic carbocycles. The maximum atomic E-state index is 13.0. The lowest BCUT2D eigenvalue weighted by Crippen LogP contribution is -2.40. The molecule has 3 aromatic rings. The molecule has 2 heterocycles. The second kappa shape index (κ2) is 7.66. The van der Waals surface area contributed by atoms with Gasteiger partial charge in [-0.05, 0) is 36.8 Å². The molecule has 1 atom stereocenters. The largest absolute Gasteiger partial charge is 0.497 e. The summed E-state index contributed by atoms with van der Waals surface area (Å²) in [7, 11) is 1.52. The first-order valence-corrected chi connectivity index (χ1v) is 9.40. The quantitative estimate of drug-likeness (QED) is 0.600. The molecule has 1 saturated heterocycles. The van der Waals surface area contributed by atoms with E-state index in [1.807, 2.05) is 0 Å². The highest BCUT2D eigenvalue weighted by Gasteiger charge is 2.49. The van der Waals surface area contributed by atoms with Gasteiger partial charge in [0.2, 0.25) is 11.7 Å². The molecule has 32 heavy (non-hydrogen) atoms. The van der Waals surface area contributed by atoms with Gasteiger partial charge in [0.15, 0.2) is 0 Å². The van der Waals surface area contributed by atoms with E-state index in [1.165, 1.54) is 19.2 Å². The Labute approximate surface area is 180 Å². The van der Waals surface area contributed by atoms with Crippen molar-refractivity contribution in [2.45, 2.75) is 25.2 Å². The van der Waals surface area contributed by atoms with Gasteiger partial charge in [0, 0.05) is 5.56 Å². The number of carbonyl (C=O) groups is 2. The Morgan fingerprint density at radius 2 is 1.75 bits per heavy atom. The molecule has 1 aromatic heterocycles. The number of halogens is 3. The summed E-state index contributed by atoms with van der Waals surface area (Å²) in [6, 6.07) is 10.3. The summed E-state index contributed by atoms with van der Waals surface area (Å²) in [6.07, 6.45) is -4.46. The van der Waals surface area contributed by atoms with E-state index in [1.54, 1.807) is 31.2 Å². The number of benzene rings is 2. The first-order chi connectivity index (χ1) is 15.1. The van der Waals surface area contributed by atoms with Gasteiger partial charge in [0.05, 0.1) is 12.7 Å². The fourth-order valence-electron chi connectivity index (χ4n) is 3.34. The standard InChI is InChI=1S/C21H17F3N4O4/c1-20(13-7-9-15(31-2)10-8-13)18(29)28(19(30)26-20)11-16-25-17(27-32-16)12-3-5-14(6-4-12)21(22,23)24/h3-10H,11H2,1-2H3,(H,26,30). The van der Waals surface area contributed by atoms with Gasteiger partial charge >= 0.3 is 12.2 Å². The minimum Gasteiger partial charge on any atom is -0.497 e. The van der Waals surface area contributed by atoms with Gasteiger partial charge in [-0.25, -0.2) is 4.79 Å². The molecular weight excluding hydrogens is 429 g/mol. The van der Waals surface area contributed by atoms with Crippen molar-refractivity contribution in [2.75, 3.05) is 7.11 Å². The van der Waals surface area contributed by atoms with Crippen LogP contribution >= 0.6 is 0 Å². The zero-order valence-electron chi connectivity index (χ0n) is 16.9. The number of rotatable bonds is 5. The monoisotopic (exact) mass is 446 g/mol. The number of amides is 3. The third-order valence-corrected chi connectivity index (χ3v) is 5.17. The Morgan fingerprint density at radius 1 is 1.09 bits per heavy atom. The molecule has 3 amide bonds. The van der Waals surface area contributed by atoms with E-state index in [0.717, 1.165) is 17.0 Å². The van der Waals surface area contributed by atoms with E-state index >= 15 is 0 Å². The smallest absolute Gasteiger partial charge is 0.416 e. The van der Waals surface area contributed by atoms with Crippen LogP contribution in [-0.4, -0.2) is 34.1 Å². The molecule has 0 saturated carbocycles. The average Bonchev–Trinajstić information content (AvgIpc) is 3.32. The molecule has 11 heteroatoms. The summed E-state index contributed by atoms with van der Waals surface area (Å²) in [4.78, 5) is 30.5. The zero-order valence-corrected chi connectivity index (χ0v) is 16.9. The summed E-state index contributed by atoms with van der Waals surface area (Å²) in [5.41, 5.74) is -1.23. The lowest BCUT2D eigenvalue weighted by molar-refractivity contribution is -0.137. The van der Waals surface area contributed by atoms with Gasteiger partial charge in [-0.3, -0.25) is 9.69 Å². The van der Waals surface area contributed by atoms with Crippen LogP contribution in [0, 0.1) is 0 Å². The molecule has 1 N–H and O–H groups in total. The number of urea groups is 1. The Balaban J connectivity index is 1.52. The number of hydrogen-bond acceptors (Lipinski definition) is 6. The van der Waals surface area contributed by atoms with Crippen molar-refractivity contribution in [2.24, 2.45) is 0 Å². The molecule has 166 valence electrons. The number of carbonyl (C=O) groups excluding carboxylic acids is 2. The molecule has 0 spiro atoms. The van der Waals surface area contributed by atoms with Gasteiger partial charge in [0.25, 0.3) is 5.91 Å². The summed E-state index contributed by atoms with van der Waals surface area (Å²) in [5, 5.41) is 6.40. The SMILES string of the molecule is COc1ccc(C2(C)NC(=O)N(Cc3nc(-c4ccc(C(F)(F)F)cc4)no3)C2=O)cc1. The van der Waals surface area contributed by atoms with Crippen LogP contribution in [0.2, 0.25) is 0 Å². The zero-order chi connectivity index (χ0) is 23.1. The fourth-order valence-corrected chi connectivity index (χ4v) is 3.34. The lowest BCUT2D eigenvalue weighted by atomic mass is 9.92.